The van der Waals surface area contributed by atoms with E-state index >= 15 is 0 Å². The van der Waals surface area contributed by atoms with Crippen LogP contribution in [0.4, 0.5) is 0 Å². The second-order valence-corrected chi connectivity index (χ2v) is 3.91. The standard InChI is InChI=1S/C10H16N2O8.Fe.Na.H2O/c13-7(14)3-11(4-8(15)16)1-2-12(5-9(17)18)6-10(19)20;;;/h1-6H2,(H,13,14)(H,15,16)(H,17,18)(H,19,20);;;1H2/q;+3;+1;/p-4. The van der Waals surface area contributed by atoms with Gasteiger partial charge in [-0.05, 0) is 0 Å². The van der Waals surface area contributed by atoms with Gasteiger partial charge in [-0.25, -0.2) is 0 Å². The van der Waals surface area contributed by atoms with Gasteiger partial charge in [-0.1, -0.05) is 0 Å². The summed E-state index contributed by atoms with van der Waals surface area (Å²) in [4.78, 5) is 43.4. The van der Waals surface area contributed by atoms with Crippen molar-refractivity contribution in [2.24, 2.45) is 0 Å². The summed E-state index contributed by atoms with van der Waals surface area (Å²) in [5, 5.41) is 41.6. The number of carboxylic acid groups (broad SMARTS) is 4. The Morgan fingerprint density at radius 2 is 0.783 bits per heavy atom. The van der Waals surface area contributed by atoms with E-state index in [0.29, 0.717) is 0 Å². The molecule has 0 saturated heterocycles. The molecule has 0 unspecified atom stereocenters. The molecule has 2 N–H and O–H groups in total. The molecule has 0 aliphatic rings. The smallest absolute Gasteiger partial charge is 0.549 e. The summed E-state index contributed by atoms with van der Waals surface area (Å²) in [6.07, 6.45) is 0. The number of carbonyl (C=O) groups is 4. The molecule has 0 saturated carbocycles. The summed E-state index contributed by atoms with van der Waals surface area (Å²) in [5.41, 5.74) is 0. The molecule has 0 aliphatic carbocycles. The molecule has 0 aromatic heterocycles. The molecular weight excluding hydrogens is 371 g/mol. The Bertz CT molecular complexity index is 329. The van der Waals surface area contributed by atoms with Gasteiger partial charge >= 0.3 is 46.6 Å². The molecule has 0 bridgehead atoms. The fraction of sp³-hybridized carbons (Fsp3) is 0.600. The summed E-state index contributed by atoms with van der Waals surface area (Å²) >= 11 is 0. The van der Waals surface area contributed by atoms with Crippen molar-refractivity contribution < 1.29 is 91.7 Å². The summed E-state index contributed by atoms with van der Waals surface area (Å²) in [6, 6.07) is 0. The van der Waals surface area contributed by atoms with Gasteiger partial charge in [0.2, 0.25) is 0 Å². The van der Waals surface area contributed by atoms with Crippen molar-refractivity contribution in [1.29, 1.82) is 0 Å². The van der Waals surface area contributed by atoms with Gasteiger partial charge in [-0.3, -0.25) is 9.80 Å². The Morgan fingerprint density at radius 1 is 0.609 bits per heavy atom. The van der Waals surface area contributed by atoms with Crippen molar-refractivity contribution in [1.82, 2.24) is 9.80 Å². The zero-order chi connectivity index (χ0) is 15.7. The fourth-order valence-electron chi connectivity index (χ4n) is 1.44. The van der Waals surface area contributed by atoms with Crippen LogP contribution in [-0.4, -0.2) is 78.4 Å². The van der Waals surface area contributed by atoms with E-state index in [1.165, 1.54) is 0 Å². The normalized spacial score (nSPS) is 9.30. The Hall–Kier alpha value is -0.721. The third-order valence-electron chi connectivity index (χ3n) is 2.14. The minimum Gasteiger partial charge on any atom is -0.549 e. The monoisotopic (exact) mass is 385 g/mol. The zero-order valence-electron chi connectivity index (χ0n) is 12.3. The first-order chi connectivity index (χ1) is 9.20. The van der Waals surface area contributed by atoms with Crippen LogP contribution >= 0.6 is 0 Å². The largest absolute Gasteiger partial charge is 3.00 e. The van der Waals surface area contributed by atoms with Crippen LogP contribution in [0.3, 0.4) is 0 Å². The van der Waals surface area contributed by atoms with Crippen molar-refractivity contribution in [3.63, 3.8) is 0 Å². The average Bonchev–Trinajstić information content (AvgIpc) is 2.22. The van der Waals surface area contributed by atoms with Crippen molar-refractivity contribution in [3.8, 4) is 0 Å². The minimum atomic E-state index is -1.53. The van der Waals surface area contributed by atoms with E-state index in [1.54, 1.807) is 0 Å². The maximum absolute atomic E-state index is 10.4. The van der Waals surface area contributed by atoms with Gasteiger partial charge in [-0.15, -0.1) is 0 Å². The average molecular weight is 385 g/mol. The molecule has 0 aromatic rings. The number of carbonyl (C=O) groups excluding carboxylic acids is 4. The first-order valence-electron chi connectivity index (χ1n) is 5.44. The number of aliphatic carboxylic acids is 4. The molecule has 0 amide bonds. The van der Waals surface area contributed by atoms with E-state index in [-0.39, 0.29) is 65.2 Å². The summed E-state index contributed by atoms with van der Waals surface area (Å²) in [7, 11) is 0. The van der Waals surface area contributed by atoms with Crippen LogP contribution in [-0.2, 0) is 36.2 Å². The Morgan fingerprint density at radius 3 is 0.913 bits per heavy atom. The van der Waals surface area contributed by atoms with Crippen molar-refractivity contribution >= 4 is 23.9 Å². The van der Waals surface area contributed by atoms with E-state index < -0.39 is 50.1 Å². The molecule has 0 rings (SSSR count). The van der Waals surface area contributed by atoms with Crippen LogP contribution in [0.5, 0.6) is 0 Å². The molecule has 0 fully saturated rings. The molecule has 0 heterocycles. The van der Waals surface area contributed by atoms with E-state index in [0.717, 1.165) is 9.80 Å². The summed E-state index contributed by atoms with van der Waals surface area (Å²) in [6.45, 7) is -3.25. The van der Waals surface area contributed by atoms with Crippen LogP contribution in [0, 0.1) is 0 Å². The Balaban J connectivity index is -0.000000602. The van der Waals surface area contributed by atoms with Crippen LogP contribution < -0.4 is 50.0 Å². The topological polar surface area (TPSA) is 198 Å². The van der Waals surface area contributed by atoms with Gasteiger partial charge in [0.05, 0.1) is 23.9 Å². The second-order valence-electron chi connectivity index (χ2n) is 3.91. The quantitative estimate of drug-likeness (QED) is 0.308. The molecule has 0 atom stereocenters. The van der Waals surface area contributed by atoms with Crippen LogP contribution in [0.15, 0.2) is 0 Å². The first kappa shape index (κ1) is 30.2. The van der Waals surface area contributed by atoms with Crippen LogP contribution in [0.1, 0.15) is 0 Å². The van der Waals surface area contributed by atoms with Gasteiger partial charge in [0.15, 0.2) is 0 Å². The number of hydrogen-bond acceptors (Lipinski definition) is 10. The molecule has 13 heteroatoms. The molecule has 0 aliphatic heterocycles. The van der Waals surface area contributed by atoms with Gasteiger partial charge < -0.3 is 45.1 Å². The van der Waals surface area contributed by atoms with Crippen LogP contribution in [0.2, 0.25) is 0 Å². The van der Waals surface area contributed by atoms with E-state index in [4.69, 9.17) is 0 Å². The first-order valence-corrected chi connectivity index (χ1v) is 5.44. The van der Waals surface area contributed by atoms with Gasteiger partial charge in [-0.2, -0.15) is 0 Å². The molecule has 0 spiro atoms. The molecule has 127 valence electrons. The number of nitrogens with zero attached hydrogens (tertiary/aromatic N) is 2. The molecule has 23 heavy (non-hydrogen) atoms. The maximum Gasteiger partial charge on any atom is 3.00 e. The molecule has 0 aromatic carbocycles. The van der Waals surface area contributed by atoms with Crippen molar-refractivity contribution in [2.75, 3.05) is 39.3 Å². The number of rotatable bonds is 11. The SMILES string of the molecule is O.O=C([O-])CN(CCN(CC(=O)[O-])CC(=O)[O-])CC(=O)[O-].[Fe+3].[Na+]. The summed E-state index contributed by atoms with van der Waals surface area (Å²) < 4.78 is 0. The van der Waals surface area contributed by atoms with Crippen molar-refractivity contribution in [2.45, 2.75) is 0 Å². The van der Waals surface area contributed by atoms with Gasteiger partial charge in [0.25, 0.3) is 0 Å². The van der Waals surface area contributed by atoms with Gasteiger partial charge in [0, 0.05) is 39.3 Å². The minimum absolute atomic E-state index is 0. The Kier molecular flexibility index (Phi) is 21.2. The molecule has 1 radical (unpaired) electrons. The molecule has 11 nitrogen and oxygen atoms in total. The van der Waals surface area contributed by atoms with E-state index in [1.807, 2.05) is 0 Å². The fourth-order valence-corrected chi connectivity index (χ4v) is 1.44. The van der Waals surface area contributed by atoms with Crippen LogP contribution in [0.25, 0.3) is 0 Å². The Labute approximate surface area is 164 Å². The van der Waals surface area contributed by atoms with E-state index in [9.17, 15) is 39.6 Å². The third-order valence-corrected chi connectivity index (χ3v) is 2.14. The molecular formula is C10H14FeN2NaO9. The second kappa shape index (κ2) is 16.1. The van der Waals surface area contributed by atoms with Crippen molar-refractivity contribution in [3.05, 3.63) is 0 Å². The predicted molar refractivity (Wildman–Crippen MR) is 56.5 cm³/mol. The predicted octanol–water partition coefficient (Wildman–Crippen LogP) is -11.2. The van der Waals surface area contributed by atoms with Gasteiger partial charge in [0.1, 0.15) is 0 Å². The maximum atomic E-state index is 10.4. The number of hydrogen-bond donors (Lipinski definition) is 0. The number of carboxylic acids is 4. The zero-order valence-corrected chi connectivity index (χ0v) is 15.4. The summed E-state index contributed by atoms with van der Waals surface area (Å²) in [5.74, 6) is -6.12. The van der Waals surface area contributed by atoms with E-state index in [2.05, 4.69) is 0 Å². The third kappa shape index (κ3) is 19.2.